The molecule has 1 fully saturated rings. The van der Waals surface area contributed by atoms with Crippen LogP contribution in [0, 0.1) is 11.3 Å². The van der Waals surface area contributed by atoms with E-state index in [9.17, 15) is 10.1 Å². The number of amides is 1. The lowest BCUT2D eigenvalue weighted by Crippen LogP contribution is -2.36. The molecule has 0 aromatic heterocycles. The van der Waals surface area contributed by atoms with Crippen molar-refractivity contribution in [2.45, 2.75) is 38.1 Å². The first-order chi connectivity index (χ1) is 11.7. The summed E-state index contributed by atoms with van der Waals surface area (Å²) in [5, 5.41) is 12.3. The standard InChI is InChI=1S/C18H20N2O4/c1-22-15-8-12(9-16-17(15)24-11-23-16)7-13(10-19)18(21)20-14-5-3-2-4-6-14/h7-9,14H,2-6,11H2,1H3,(H,20,21)/b13-7+. The van der Waals surface area contributed by atoms with E-state index < -0.39 is 0 Å². The monoisotopic (exact) mass is 328 g/mol. The molecule has 0 spiro atoms. The molecule has 0 atom stereocenters. The fourth-order valence-corrected chi connectivity index (χ4v) is 3.06. The highest BCUT2D eigenvalue weighted by Crippen LogP contribution is 2.42. The molecule has 0 radical (unpaired) electrons. The van der Waals surface area contributed by atoms with Gasteiger partial charge >= 0.3 is 0 Å². The van der Waals surface area contributed by atoms with Crippen LogP contribution >= 0.6 is 0 Å². The van der Waals surface area contributed by atoms with Crippen molar-refractivity contribution in [2.75, 3.05) is 13.9 Å². The molecular weight excluding hydrogens is 308 g/mol. The molecular formula is C18H20N2O4. The summed E-state index contributed by atoms with van der Waals surface area (Å²) in [6.07, 6.45) is 6.95. The Morgan fingerprint density at radius 2 is 2.12 bits per heavy atom. The van der Waals surface area contributed by atoms with Crippen LogP contribution in [-0.4, -0.2) is 25.9 Å². The van der Waals surface area contributed by atoms with Crippen LogP contribution < -0.4 is 19.5 Å². The van der Waals surface area contributed by atoms with E-state index in [4.69, 9.17) is 14.2 Å². The van der Waals surface area contributed by atoms with Crippen LogP contribution in [0.3, 0.4) is 0 Å². The van der Waals surface area contributed by atoms with Gasteiger partial charge in [-0.3, -0.25) is 4.79 Å². The van der Waals surface area contributed by atoms with Crippen molar-refractivity contribution in [3.8, 4) is 23.3 Å². The van der Waals surface area contributed by atoms with Crippen LogP contribution in [0.2, 0.25) is 0 Å². The van der Waals surface area contributed by atoms with Crippen molar-refractivity contribution in [1.29, 1.82) is 5.26 Å². The first kappa shape index (κ1) is 16.2. The lowest BCUT2D eigenvalue weighted by atomic mass is 9.95. The van der Waals surface area contributed by atoms with Gasteiger partial charge in [-0.2, -0.15) is 5.26 Å². The third kappa shape index (κ3) is 3.46. The Morgan fingerprint density at radius 3 is 2.83 bits per heavy atom. The van der Waals surface area contributed by atoms with Crippen molar-refractivity contribution < 1.29 is 19.0 Å². The molecule has 2 aliphatic rings. The molecule has 0 unspecified atom stereocenters. The number of carbonyl (C=O) groups is 1. The third-order valence-electron chi connectivity index (χ3n) is 4.30. The van der Waals surface area contributed by atoms with Gasteiger partial charge in [0.25, 0.3) is 5.91 Å². The highest BCUT2D eigenvalue weighted by molar-refractivity contribution is 6.02. The van der Waals surface area contributed by atoms with Gasteiger partial charge in [-0.1, -0.05) is 19.3 Å². The van der Waals surface area contributed by atoms with E-state index in [1.54, 1.807) is 18.2 Å². The molecule has 1 N–H and O–H groups in total. The maximum Gasteiger partial charge on any atom is 0.262 e. The van der Waals surface area contributed by atoms with E-state index in [1.807, 2.05) is 6.07 Å². The number of nitrogens with one attached hydrogen (secondary N) is 1. The Labute approximate surface area is 141 Å². The van der Waals surface area contributed by atoms with Gasteiger partial charge in [0.15, 0.2) is 11.5 Å². The Balaban J connectivity index is 1.80. The molecule has 6 heteroatoms. The maximum absolute atomic E-state index is 12.3. The van der Waals surface area contributed by atoms with E-state index in [0.717, 1.165) is 25.7 Å². The highest BCUT2D eigenvalue weighted by Gasteiger charge is 2.21. The molecule has 6 nitrogen and oxygen atoms in total. The number of fused-ring (bicyclic) bond motifs is 1. The van der Waals surface area contributed by atoms with E-state index in [0.29, 0.717) is 22.8 Å². The highest BCUT2D eigenvalue weighted by atomic mass is 16.7. The SMILES string of the molecule is COc1cc(/C=C(\C#N)C(=O)NC2CCCCC2)cc2c1OCO2. The molecule has 126 valence electrons. The predicted octanol–water partition coefficient (Wildman–Crippen LogP) is 2.78. The molecule has 1 amide bonds. The second-order valence-electron chi connectivity index (χ2n) is 5.94. The van der Waals surface area contributed by atoms with Gasteiger partial charge in [-0.05, 0) is 36.6 Å². The molecule has 3 rings (SSSR count). The third-order valence-corrected chi connectivity index (χ3v) is 4.30. The summed E-state index contributed by atoms with van der Waals surface area (Å²) in [4.78, 5) is 12.3. The number of carbonyl (C=O) groups excluding carboxylic acids is 1. The molecule has 1 aromatic rings. The zero-order chi connectivity index (χ0) is 16.9. The molecule has 1 aromatic carbocycles. The van der Waals surface area contributed by atoms with Gasteiger partial charge in [-0.15, -0.1) is 0 Å². The molecule has 1 aliphatic carbocycles. The Bertz CT molecular complexity index is 700. The summed E-state index contributed by atoms with van der Waals surface area (Å²) in [5.74, 6) is 1.27. The van der Waals surface area contributed by atoms with E-state index >= 15 is 0 Å². The lowest BCUT2D eigenvalue weighted by Gasteiger charge is -2.22. The topological polar surface area (TPSA) is 80.6 Å². The zero-order valence-corrected chi connectivity index (χ0v) is 13.6. The number of nitrogens with zero attached hydrogens (tertiary/aromatic N) is 1. The van der Waals surface area contributed by atoms with Crippen LogP contribution in [0.4, 0.5) is 0 Å². The van der Waals surface area contributed by atoms with E-state index in [-0.39, 0.29) is 24.3 Å². The van der Waals surface area contributed by atoms with Gasteiger partial charge in [0.2, 0.25) is 12.5 Å². The molecule has 1 saturated carbocycles. The Hall–Kier alpha value is -2.68. The molecule has 24 heavy (non-hydrogen) atoms. The van der Waals surface area contributed by atoms with Crippen molar-refractivity contribution in [2.24, 2.45) is 0 Å². The van der Waals surface area contributed by atoms with Gasteiger partial charge < -0.3 is 19.5 Å². The van der Waals surface area contributed by atoms with Crippen molar-refractivity contribution >= 4 is 12.0 Å². The van der Waals surface area contributed by atoms with Crippen LogP contribution in [0.5, 0.6) is 17.2 Å². The van der Waals surface area contributed by atoms with Gasteiger partial charge in [0, 0.05) is 6.04 Å². The van der Waals surface area contributed by atoms with E-state index in [1.165, 1.54) is 13.5 Å². The molecule has 1 aliphatic heterocycles. The van der Waals surface area contributed by atoms with E-state index in [2.05, 4.69) is 5.32 Å². The smallest absolute Gasteiger partial charge is 0.262 e. The van der Waals surface area contributed by atoms with Crippen molar-refractivity contribution in [1.82, 2.24) is 5.32 Å². The summed E-state index contributed by atoms with van der Waals surface area (Å²) in [6.45, 7) is 0.131. The number of methoxy groups -OCH3 is 1. The summed E-state index contributed by atoms with van der Waals surface area (Å²) in [7, 11) is 1.53. The van der Waals surface area contributed by atoms with Crippen molar-refractivity contribution in [3.63, 3.8) is 0 Å². The fourth-order valence-electron chi connectivity index (χ4n) is 3.06. The Kier molecular flexibility index (Phi) is 4.90. The summed E-state index contributed by atoms with van der Waals surface area (Å²) in [6, 6.07) is 5.60. The van der Waals surface area contributed by atoms with Gasteiger partial charge in [0.1, 0.15) is 11.6 Å². The minimum Gasteiger partial charge on any atom is -0.493 e. The van der Waals surface area contributed by atoms with Gasteiger partial charge in [-0.25, -0.2) is 0 Å². The average Bonchev–Trinajstić information content (AvgIpc) is 3.08. The summed E-state index contributed by atoms with van der Waals surface area (Å²) >= 11 is 0. The first-order valence-corrected chi connectivity index (χ1v) is 8.11. The Morgan fingerprint density at radius 1 is 1.33 bits per heavy atom. The van der Waals surface area contributed by atoms with Gasteiger partial charge in [0.05, 0.1) is 7.11 Å². The number of ether oxygens (including phenoxy) is 3. The van der Waals surface area contributed by atoms with Crippen molar-refractivity contribution in [3.05, 3.63) is 23.3 Å². The van der Waals surface area contributed by atoms with Crippen LogP contribution in [0.15, 0.2) is 17.7 Å². The normalized spacial score (nSPS) is 17.2. The van der Waals surface area contributed by atoms with Crippen LogP contribution in [-0.2, 0) is 4.79 Å². The minimum atomic E-state index is -0.332. The van der Waals surface area contributed by atoms with Crippen LogP contribution in [0.25, 0.3) is 6.08 Å². The lowest BCUT2D eigenvalue weighted by molar-refractivity contribution is -0.117. The number of hydrogen-bond acceptors (Lipinski definition) is 5. The maximum atomic E-state index is 12.3. The zero-order valence-electron chi connectivity index (χ0n) is 13.6. The molecule has 0 bridgehead atoms. The fraction of sp³-hybridized carbons (Fsp3) is 0.444. The average molecular weight is 328 g/mol. The second kappa shape index (κ2) is 7.26. The number of hydrogen-bond donors (Lipinski definition) is 1. The predicted molar refractivity (Wildman–Crippen MR) is 87.7 cm³/mol. The molecule has 1 heterocycles. The largest absolute Gasteiger partial charge is 0.493 e. The summed E-state index contributed by atoms with van der Waals surface area (Å²) in [5.41, 5.74) is 0.730. The quantitative estimate of drug-likeness (QED) is 0.679. The number of nitriles is 1. The van der Waals surface area contributed by atoms with Crippen LogP contribution in [0.1, 0.15) is 37.7 Å². The first-order valence-electron chi connectivity index (χ1n) is 8.11. The second-order valence-corrected chi connectivity index (χ2v) is 5.94. The minimum absolute atomic E-state index is 0.0708. The molecule has 0 saturated heterocycles. The number of benzene rings is 1. The number of rotatable bonds is 4. The summed E-state index contributed by atoms with van der Waals surface area (Å²) < 4.78 is 16.0.